The van der Waals surface area contributed by atoms with Gasteiger partial charge >= 0.3 is 68.5 Å². The van der Waals surface area contributed by atoms with Gasteiger partial charge in [-0.25, -0.2) is 0 Å². The average Bonchev–Trinajstić information content (AvgIpc) is 0.722. The van der Waals surface area contributed by atoms with Gasteiger partial charge in [-0.2, -0.15) is 0 Å². The molecule has 42 valence electrons. The van der Waals surface area contributed by atoms with Crippen molar-refractivity contribution in [3.8, 4) is 0 Å². The molecule has 0 radical (unpaired) electrons. The van der Waals surface area contributed by atoms with E-state index in [0.29, 0.717) is 0 Å². The fourth-order valence-electron chi connectivity index (χ4n) is 0. The minimum absolute atomic E-state index is 0. The van der Waals surface area contributed by atoms with Crippen molar-refractivity contribution in [2.45, 2.75) is 0 Å². The monoisotopic (exact) mass is 214 g/mol. The molecule has 0 fully saturated rings. The molecule has 3 nitrogen and oxygen atoms in total. The molecule has 7 heavy (non-hydrogen) atoms. The van der Waals surface area contributed by atoms with Gasteiger partial charge in [0.2, 0.25) is 0 Å². The summed E-state index contributed by atoms with van der Waals surface area (Å²) >= 11 is 3.24. The third-order valence-electron chi connectivity index (χ3n) is 0. The van der Waals surface area contributed by atoms with E-state index in [1.807, 2.05) is 0 Å². The van der Waals surface area contributed by atoms with Crippen LogP contribution in [0, 0.1) is 0 Å². The Morgan fingerprint density at radius 2 is 1.43 bits per heavy atom. The van der Waals surface area contributed by atoms with Crippen LogP contribution in [-0.2, 0) is 37.3 Å². The van der Waals surface area contributed by atoms with Crippen LogP contribution in [0.1, 0.15) is 0 Å². The third-order valence-corrected chi connectivity index (χ3v) is 0. The Labute approximate surface area is 99.9 Å². The maximum absolute atomic E-state index is 8.89. The molecule has 0 saturated heterocycles. The molecular formula is CuKO3S2. The van der Waals surface area contributed by atoms with Gasteiger partial charge in [-0.3, -0.25) is 4.21 Å². The molecule has 0 amide bonds. The number of hydrogen-bond acceptors (Lipinski definition) is 4. The standard InChI is InChI=1S/Cu.K.H2O3S2/c;;1-5(2,3)4/h;;(H2,1,2,3,4)/q2*+1;/p-2. The van der Waals surface area contributed by atoms with Gasteiger partial charge in [0.1, 0.15) is 0 Å². The minimum Gasteiger partial charge on any atom is -0.780 e. The molecule has 0 aromatic heterocycles. The van der Waals surface area contributed by atoms with E-state index in [9.17, 15) is 0 Å². The maximum Gasteiger partial charge on any atom is 1.00 e. The van der Waals surface area contributed by atoms with Gasteiger partial charge in [-0.15, -0.1) is 9.05 Å². The van der Waals surface area contributed by atoms with Gasteiger partial charge in [0.25, 0.3) is 0 Å². The van der Waals surface area contributed by atoms with Crippen LogP contribution in [-0.4, -0.2) is 13.3 Å². The molecular weight excluding hydrogens is 215 g/mol. The number of hydrogen-bond donors (Lipinski definition) is 0. The Bertz CT molecular complexity index is 96.1. The van der Waals surface area contributed by atoms with E-state index in [2.05, 4.69) is 11.2 Å². The summed E-state index contributed by atoms with van der Waals surface area (Å²) in [6, 6.07) is 0. The van der Waals surface area contributed by atoms with Crippen molar-refractivity contribution in [3.05, 3.63) is 0 Å². The van der Waals surface area contributed by atoms with Gasteiger partial charge in [-0.1, -0.05) is 0 Å². The second-order valence-electron chi connectivity index (χ2n) is 0.408. The summed E-state index contributed by atoms with van der Waals surface area (Å²) in [5.74, 6) is 0. The van der Waals surface area contributed by atoms with Crippen LogP contribution in [0.4, 0.5) is 0 Å². The fourth-order valence-corrected chi connectivity index (χ4v) is 0. The zero-order valence-corrected chi connectivity index (χ0v) is 9.04. The normalized spacial score (nSPS) is 8.29. The second kappa shape index (κ2) is 6.56. The van der Waals surface area contributed by atoms with E-state index in [1.165, 1.54) is 0 Å². The molecule has 7 heteroatoms. The average molecular weight is 215 g/mol. The summed E-state index contributed by atoms with van der Waals surface area (Å²) in [7, 11) is -4.33. The van der Waals surface area contributed by atoms with Crippen molar-refractivity contribution in [2.75, 3.05) is 0 Å². The van der Waals surface area contributed by atoms with E-state index in [0.717, 1.165) is 0 Å². The Hall–Kier alpha value is 2.45. The quantitative estimate of drug-likeness (QED) is 0.386. The topological polar surface area (TPSA) is 63.2 Å². The van der Waals surface area contributed by atoms with Crippen LogP contribution < -0.4 is 51.4 Å². The van der Waals surface area contributed by atoms with Crippen LogP contribution in [0.2, 0.25) is 0 Å². The predicted molar refractivity (Wildman–Crippen MR) is 17.1 cm³/mol. The van der Waals surface area contributed by atoms with E-state index in [1.54, 1.807) is 0 Å². The van der Waals surface area contributed by atoms with Crippen molar-refractivity contribution in [1.82, 2.24) is 0 Å². The van der Waals surface area contributed by atoms with Crippen LogP contribution in [0.15, 0.2) is 0 Å². The van der Waals surface area contributed by atoms with E-state index >= 15 is 0 Å². The van der Waals surface area contributed by atoms with Gasteiger partial charge in [0.15, 0.2) is 0 Å². The van der Waals surface area contributed by atoms with Gasteiger partial charge in [0, 0.05) is 0 Å². The third kappa shape index (κ3) is 58.7. The summed E-state index contributed by atoms with van der Waals surface area (Å²) in [5, 5.41) is 0. The molecule has 0 aliphatic heterocycles. The van der Waals surface area contributed by atoms with Crippen molar-refractivity contribution in [1.29, 1.82) is 0 Å². The van der Waals surface area contributed by atoms with E-state index < -0.39 is 9.05 Å². The molecule has 0 aliphatic rings. The largest absolute Gasteiger partial charge is 1.00 e. The Kier molecular flexibility index (Phi) is 15.2. The molecule has 0 unspecified atom stereocenters. The SMILES string of the molecule is O=S([O-])([O-])=S.[Cu+].[K+]. The van der Waals surface area contributed by atoms with Crippen LogP contribution >= 0.6 is 0 Å². The summed E-state index contributed by atoms with van der Waals surface area (Å²) in [5.41, 5.74) is 0. The summed E-state index contributed by atoms with van der Waals surface area (Å²) in [4.78, 5) is 0. The summed E-state index contributed by atoms with van der Waals surface area (Å²) in [6.45, 7) is 0. The van der Waals surface area contributed by atoms with Crippen LogP contribution in [0.25, 0.3) is 0 Å². The van der Waals surface area contributed by atoms with Gasteiger partial charge in [0.05, 0.1) is 0 Å². The number of rotatable bonds is 0. The molecule has 0 saturated carbocycles. The molecule has 0 N–H and O–H groups in total. The van der Waals surface area contributed by atoms with E-state index in [4.69, 9.17) is 13.3 Å². The fraction of sp³-hybridized carbons (Fsp3) is 0. The second-order valence-corrected chi connectivity index (χ2v) is 2.45. The first-order valence-corrected chi connectivity index (χ1v) is 3.00. The molecule has 0 bridgehead atoms. The first kappa shape index (κ1) is 16.2. The zero-order chi connectivity index (χ0) is 4.50. The van der Waals surface area contributed by atoms with Crippen molar-refractivity contribution >= 4 is 20.2 Å². The molecule has 0 atom stereocenters. The molecule has 0 heterocycles. The predicted octanol–water partition coefficient (Wildman–Crippen LogP) is -4.00. The molecule has 0 aromatic rings. The molecule has 0 aliphatic carbocycles. The smallest absolute Gasteiger partial charge is 0.780 e. The molecule has 0 rings (SSSR count). The maximum atomic E-state index is 8.89. The summed E-state index contributed by atoms with van der Waals surface area (Å²) < 4.78 is 26.7. The Balaban J connectivity index is -0.0000000800. The Morgan fingerprint density at radius 1 is 1.43 bits per heavy atom. The van der Waals surface area contributed by atoms with Gasteiger partial charge < -0.3 is 9.11 Å². The first-order valence-electron chi connectivity index (χ1n) is 0.667. The minimum atomic E-state index is -4.33. The molecule has 0 spiro atoms. The zero-order valence-electron chi connectivity index (χ0n) is 3.34. The first-order chi connectivity index (χ1) is 2.00. The summed E-state index contributed by atoms with van der Waals surface area (Å²) in [6.07, 6.45) is 0. The van der Waals surface area contributed by atoms with Gasteiger partial charge in [-0.05, 0) is 11.2 Å². The van der Waals surface area contributed by atoms with Crippen molar-refractivity contribution in [2.24, 2.45) is 0 Å². The molecule has 0 aromatic carbocycles. The van der Waals surface area contributed by atoms with Crippen molar-refractivity contribution < 1.29 is 81.8 Å². The Morgan fingerprint density at radius 3 is 1.43 bits per heavy atom. The van der Waals surface area contributed by atoms with Crippen molar-refractivity contribution in [3.63, 3.8) is 0 Å². The van der Waals surface area contributed by atoms with E-state index in [-0.39, 0.29) is 68.5 Å². The van der Waals surface area contributed by atoms with Crippen LogP contribution in [0.5, 0.6) is 0 Å². The van der Waals surface area contributed by atoms with Crippen LogP contribution in [0.3, 0.4) is 0 Å².